The first-order chi connectivity index (χ1) is 12.1. The van der Waals surface area contributed by atoms with E-state index in [-0.39, 0.29) is 17.8 Å². The molecule has 2 amide bonds. The summed E-state index contributed by atoms with van der Waals surface area (Å²) in [6, 6.07) is 14.2. The van der Waals surface area contributed by atoms with Gasteiger partial charge >= 0.3 is 12.0 Å². The van der Waals surface area contributed by atoms with Crippen LogP contribution in [0, 0.1) is 0 Å². The summed E-state index contributed by atoms with van der Waals surface area (Å²) in [6.45, 7) is 1.43. The fraction of sp³-hybridized carbons (Fsp3) is 0.278. The van der Waals surface area contributed by atoms with Gasteiger partial charge in [-0.25, -0.2) is 14.6 Å². The number of anilines is 2. The van der Waals surface area contributed by atoms with Crippen LogP contribution in [0.2, 0.25) is 0 Å². The van der Waals surface area contributed by atoms with Crippen LogP contribution in [0.1, 0.15) is 23.3 Å². The zero-order valence-electron chi connectivity index (χ0n) is 13.7. The molecule has 7 heteroatoms. The third-order valence-electron chi connectivity index (χ3n) is 4.14. The van der Waals surface area contributed by atoms with E-state index < -0.39 is 5.97 Å². The lowest BCUT2D eigenvalue weighted by Gasteiger charge is -2.33. The summed E-state index contributed by atoms with van der Waals surface area (Å²) in [7, 11) is 0. The average molecular weight is 340 g/mol. The third kappa shape index (κ3) is 4.47. The Morgan fingerprint density at radius 3 is 2.44 bits per heavy atom. The number of benzene rings is 1. The van der Waals surface area contributed by atoms with Gasteiger partial charge in [-0.05, 0) is 37.1 Å². The van der Waals surface area contributed by atoms with Crippen molar-refractivity contribution in [2.24, 2.45) is 0 Å². The van der Waals surface area contributed by atoms with Crippen molar-refractivity contribution in [2.75, 3.05) is 23.3 Å². The summed E-state index contributed by atoms with van der Waals surface area (Å²) in [5, 5.41) is 14.8. The molecular formula is C18H20N4O3. The maximum absolute atomic E-state index is 12.0. The predicted molar refractivity (Wildman–Crippen MR) is 95.0 cm³/mol. The van der Waals surface area contributed by atoms with Crippen LogP contribution in [-0.4, -0.2) is 41.2 Å². The van der Waals surface area contributed by atoms with Crippen molar-refractivity contribution < 1.29 is 14.7 Å². The Bertz CT molecular complexity index is 743. The van der Waals surface area contributed by atoms with Crippen molar-refractivity contribution in [2.45, 2.75) is 18.9 Å². The molecule has 0 unspecified atom stereocenters. The molecule has 25 heavy (non-hydrogen) atoms. The Hall–Kier alpha value is -3.09. The zero-order chi connectivity index (χ0) is 17.6. The first-order valence-corrected chi connectivity index (χ1v) is 8.20. The van der Waals surface area contributed by atoms with Gasteiger partial charge in [0, 0.05) is 24.8 Å². The van der Waals surface area contributed by atoms with Crippen molar-refractivity contribution in [3.63, 3.8) is 0 Å². The Kier molecular flexibility index (Phi) is 5.13. The molecule has 0 bridgehead atoms. The van der Waals surface area contributed by atoms with Crippen LogP contribution in [0.5, 0.6) is 0 Å². The minimum absolute atomic E-state index is 0.0417. The van der Waals surface area contributed by atoms with Crippen LogP contribution in [-0.2, 0) is 0 Å². The number of carboxylic acid groups (broad SMARTS) is 1. The molecule has 0 radical (unpaired) electrons. The monoisotopic (exact) mass is 340 g/mol. The molecule has 3 N–H and O–H groups in total. The van der Waals surface area contributed by atoms with Crippen LogP contribution in [0.15, 0.2) is 48.5 Å². The third-order valence-corrected chi connectivity index (χ3v) is 4.14. The first-order valence-electron chi connectivity index (χ1n) is 8.20. The summed E-state index contributed by atoms with van der Waals surface area (Å²) in [5.74, 6) is -0.372. The van der Waals surface area contributed by atoms with Crippen molar-refractivity contribution in [3.05, 3.63) is 54.2 Å². The SMILES string of the molecule is O=C(Nc1ccccc1)NC1CCN(c2cccc(C(=O)O)n2)CC1. The molecule has 3 rings (SSSR count). The van der Waals surface area contributed by atoms with E-state index in [1.807, 2.05) is 41.3 Å². The Balaban J connectivity index is 1.51. The van der Waals surface area contributed by atoms with E-state index in [0.717, 1.165) is 18.5 Å². The number of amides is 2. The first kappa shape index (κ1) is 16.8. The standard InChI is InChI=1S/C18H20N4O3/c23-17(24)15-7-4-8-16(21-15)22-11-9-14(10-12-22)20-18(25)19-13-5-2-1-3-6-13/h1-8,14H,9-12H2,(H,23,24)(H2,19,20,25). The Morgan fingerprint density at radius 1 is 1.04 bits per heavy atom. The van der Waals surface area contributed by atoms with E-state index in [1.165, 1.54) is 6.07 Å². The summed E-state index contributed by atoms with van der Waals surface area (Å²) in [5.41, 5.74) is 0.798. The summed E-state index contributed by atoms with van der Waals surface area (Å²) in [6.07, 6.45) is 1.56. The summed E-state index contributed by atoms with van der Waals surface area (Å²) >= 11 is 0. The van der Waals surface area contributed by atoms with Gasteiger partial charge in [-0.2, -0.15) is 0 Å². The van der Waals surface area contributed by atoms with Crippen molar-refractivity contribution in [3.8, 4) is 0 Å². The molecule has 1 aromatic carbocycles. The number of urea groups is 1. The average Bonchev–Trinajstić information content (AvgIpc) is 2.63. The minimum atomic E-state index is -1.03. The zero-order valence-corrected chi connectivity index (χ0v) is 13.7. The number of aromatic carboxylic acids is 1. The van der Waals surface area contributed by atoms with Gasteiger partial charge in [0.15, 0.2) is 5.69 Å². The Morgan fingerprint density at radius 2 is 1.76 bits per heavy atom. The Labute approximate surface area is 145 Å². The number of carbonyl (C=O) groups is 2. The van der Waals surface area contributed by atoms with Gasteiger partial charge in [-0.3, -0.25) is 0 Å². The lowest BCUT2D eigenvalue weighted by atomic mass is 10.1. The lowest BCUT2D eigenvalue weighted by molar-refractivity contribution is 0.0690. The number of nitrogens with zero attached hydrogens (tertiary/aromatic N) is 2. The number of aromatic nitrogens is 1. The van der Waals surface area contributed by atoms with E-state index in [2.05, 4.69) is 15.6 Å². The van der Waals surface area contributed by atoms with Crippen LogP contribution < -0.4 is 15.5 Å². The van der Waals surface area contributed by atoms with E-state index >= 15 is 0 Å². The fourth-order valence-corrected chi connectivity index (χ4v) is 2.85. The topological polar surface area (TPSA) is 94.6 Å². The molecule has 0 spiro atoms. The van der Waals surface area contributed by atoms with Crippen LogP contribution in [0.3, 0.4) is 0 Å². The van der Waals surface area contributed by atoms with Crippen molar-refractivity contribution in [1.82, 2.24) is 10.3 Å². The highest BCUT2D eigenvalue weighted by molar-refractivity contribution is 5.89. The number of pyridine rings is 1. The van der Waals surface area contributed by atoms with Crippen molar-refractivity contribution >= 4 is 23.5 Å². The fourth-order valence-electron chi connectivity index (χ4n) is 2.85. The second-order valence-corrected chi connectivity index (χ2v) is 5.91. The lowest BCUT2D eigenvalue weighted by Crippen LogP contribution is -2.46. The predicted octanol–water partition coefficient (Wildman–Crippen LogP) is 2.57. The van der Waals surface area contributed by atoms with E-state index in [4.69, 9.17) is 5.11 Å². The maximum Gasteiger partial charge on any atom is 0.354 e. The molecule has 0 atom stereocenters. The number of carbonyl (C=O) groups excluding carboxylic acids is 1. The van der Waals surface area contributed by atoms with Crippen molar-refractivity contribution in [1.29, 1.82) is 0 Å². The molecule has 130 valence electrons. The van der Waals surface area contributed by atoms with Gasteiger partial charge < -0.3 is 20.6 Å². The smallest absolute Gasteiger partial charge is 0.354 e. The van der Waals surface area contributed by atoms with Gasteiger partial charge in [0.1, 0.15) is 5.82 Å². The number of para-hydroxylation sites is 1. The highest BCUT2D eigenvalue weighted by atomic mass is 16.4. The summed E-state index contributed by atoms with van der Waals surface area (Å²) in [4.78, 5) is 29.3. The van der Waals surface area contributed by atoms with Gasteiger partial charge in [-0.1, -0.05) is 24.3 Å². The van der Waals surface area contributed by atoms with Crippen LogP contribution in [0.25, 0.3) is 0 Å². The molecule has 1 aromatic heterocycles. The number of carboxylic acids is 1. The van der Waals surface area contributed by atoms with Gasteiger partial charge in [0.2, 0.25) is 0 Å². The molecule has 1 aliphatic rings. The molecule has 0 saturated carbocycles. The molecule has 1 saturated heterocycles. The second-order valence-electron chi connectivity index (χ2n) is 5.91. The number of rotatable bonds is 4. The second kappa shape index (κ2) is 7.65. The van der Waals surface area contributed by atoms with E-state index in [0.29, 0.717) is 18.9 Å². The maximum atomic E-state index is 12.0. The quantitative estimate of drug-likeness (QED) is 0.795. The molecule has 2 aromatic rings. The molecular weight excluding hydrogens is 320 g/mol. The van der Waals surface area contributed by atoms with Crippen LogP contribution in [0.4, 0.5) is 16.3 Å². The van der Waals surface area contributed by atoms with E-state index in [9.17, 15) is 9.59 Å². The highest BCUT2D eigenvalue weighted by Crippen LogP contribution is 2.18. The molecule has 7 nitrogen and oxygen atoms in total. The number of nitrogens with one attached hydrogen (secondary N) is 2. The molecule has 0 aliphatic carbocycles. The normalized spacial score (nSPS) is 14.8. The van der Waals surface area contributed by atoms with Gasteiger partial charge in [0.05, 0.1) is 0 Å². The molecule has 2 heterocycles. The summed E-state index contributed by atoms with van der Waals surface area (Å²) < 4.78 is 0. The minimum Gasteiger partial charge on any atom is -0.477 e. The highest BCUT2D eigenvalue weighted by Gasteiger charge is 2.22. The molecule has 1 fully saturated rings. The largest absolute Gasteiger partial charge is 0.477 e. The van der Waals surface area contributed by atoms with Crippen LogP contribution >= 0.6 is 0 Å². The van der Waals surface area contributed by atoms with E-state index in [1.54, 1.807) is 6.07 Å². The number of piperidine rings is 1. The molecule has 1 aliphatic heterocycles. The van der Waals surface area contributed by atoms with Gasteiger partial charge in [-0.15, -0.1) is 0 Å². The van der Waals surface area contributed by atoms with Gasteiger partial charge in [0.25, 0.3) is 0 Å². The number of hydrogen-bond donors (Lipinski definition) is 3. The number of hydrogen-bond acceptors (Lipinski definition) is 4.